The molecule has 1 aromatic rings. The van der Waals surface area contributed by atoms with Crippen molar-refractivity contribution in [3.63, 3.8) is 0 Å². The second-order valence-corrected chi connectivity index (χ2v) is 3.32. The van der Waals surface area contributed by atoms with Gasteiger partial charge in [0, 0.05) is 28.1 Å². The van der Waals surface area contributed by atoms with Crippen LogP contribution in [0, 0.1) is 6.92 Å². The summed E-state index contributed by atoms with van der Waals surface area (Å²) < 4.78 is 0. The van der Waals surface area contributed by atoms with Crippen molar-refractivity contribution >= 4 is 17.8 Å². The molecule has 0 spiro atoms. The molecule has 7 heteroatoms. The van der Waals surface area contributed by atoms with Crippen LogP contribution in [0.4, 0.5) is 11.9 Å². The first-order valence-corrected chi connectivity index (χ1v) is 4.84. The number of carbonyl (C=O) groups excluding carboxylic acids is 1. The monoisotopic (exact) mass is 224 g/mol. The van der Waals surface area contributed by atoms with Gasteiger partial charge in [0.25, 0.3) is 0 Å². The Labute approximate surface area is 94.5 Å². The average Bonchev–Trinajstić information content (AvgIpc) is 2.25. The zero-order valence-electron chi connectivity index (χ0n) is 10.1. The molecular weight excluding hydrogens is 208 g/mol. The number of rotatable bonds is 3. The number of carbonyl (C=O) groups is 1. The highest BCUT2D eigenvalue weighted by atomic mass is 16.2. The lowest BCUT2D eigenvalue weighted by Gasteiger charge is -2.27. The molecule has 1 N–H and O–H groups in total. The molecule has 0 fully saturated rings. The highest BCUT2D eigenvalue weighted by molar-refractivity contribution is 5.74. The number of nitrogens with zero attached hydrogens (tertiary/aromatic N) is 5. The van der Waals surface area contributed by atoms with Crippen LogP contribution in [0.15, 0.2) is 0 Å². The smallest absolute Gasteiger partial charge is 0.249 e. The Balaban J connectivity index is 3.03. The van der Waals surface area contributed by atoms with E-state index in [1.807, 2.05) is 0 Å². The zero-order valence-corrected chi connectivity index (χ0v) is 10.1. The zero-order chi connectivity index (χ0) is 12.3. The molecule has 7 nitrogen and oxygen atoms in total. The van der Waals surface area contributed by atoms with Crippen molar-refractivity contribution in [1.82, 2.24) is 20.0 Å². The second kappa shape index (κ2) is 4.73. The van der Waals surface area contributed by atoms with Gasteiger partial charge in [0.2, 0.25) is 17.8 Å². The van der Waals surface area contributed by atoms with Gasteiger partial charge >= 0.3 is 0 Å². The molecule has 16 heavy (non-hydrogen) atoms. The molecule has 0 bridgehead atoms. The van der Waals surface area contributed by atoms with Gasteiger partial charge in [-0.3, -0.25) is 14.8 Å². The largest absolute Gasteiger partial charge is 0.357 e. The summed E-state index contributed by atoms with van der Waals surface area (Å²) in [5.74, 6) is 1.41. The van der Waals surface area contributed by atoms with E-state index in [2.05, 4.69) is 20.3 Å². The maximum atomic E-state index is 11.2. The van der Waals surface area contributed by atoms with Crippen LogP contribution in [-0.4, -0.2) is 47.0 Å². The molecule has 0 atom stereocenters. The summed E-state index contributed by atoms with van der Waals surface area (Å²) in [5.41, 5.74) is 0. The minimum Gasteiger partial charge on any atom is -0.357 e. The van der Waals surface area contributed by atoms with Crippen molar-refractivity contribution in [2.45, 2.75) is 13.8 Å². The van der Waals surface area contributed by atoms with Gasteiger partial charge < -0.3 is 5.32 Å². The summed E-state index contributed by atoms with van der Waals surface area (Å²) in [6, 6.07) is 0. The molecule has 0 aromatic carbocycles. The number of amides is 1. The molecule has 0 aliphatic carbocycles. The predicted octanol–water partition coefficient (Wildman–Crippen LogP) is 0.0512. The fraction of sp³-hybridized carbons (Fsp3) is 0.556. The fourth-order valence-electron chi connectivity index (χ4n) is 1.07. The Morgan fingerprint density at radius 3 is 2.38 bits per heavy atom. The minimum absolute atomic E-state index is 0.0911. The van der Waals surface area contributed by atoms with Crippen LogP contribution in [0.1, 0.15) is 12.7 Å². The molecular formula is C9H16N6O. The van der Waals surface area contributed by atoms with E-state index >= 15 is 0 Å². The molecule has 0 saturated carbocycles. The summed E-state index contributed by atoms with van der Waals surface area (Å²) in [5, 5.41) is 5.83. The third-order valence-corrected chi connectivity index (χ3v) is 2.15. The van der Waals surface area contributed by atoms with Crippen LogP contribution >= 0.6 is 0 Å². The molecule has 1 amide bonds. The number of aryl methyl sites for hydroxylation is 1. The molecule has 0 unspecified atom stereocenters. The number of hydrogen-bond donors (Lipinski definition) is 1. The van der Waals surface area contributed by atoms with Crippen molar-refractivity contribution in [1.29, 1.82) is 0 Å². The Hall–Kier alpha value is -1.92. The summed E-state index contributed by atoms with van der Waals surface area (Å²) in [4.78, 5) is 23.6. The maximum Gasteiger partial charge on any atom is 0.249 e. The van der Waals surface area contributed by atoms with Gasteiger partial charge in [-0.2, -0.15) is 15.0 Å². The van der Waals surface area contributed by atoms with Gasteiger partial charge in [0.1, 0.15) is 5.82 Å². The minimum atomic E-state index is -0.0911. The molecule has 0 aliphatic heterocycles. The first-order valence-electron chi connectivity index (χ1n) is 4.84. The number of hydrazine groups is 1. The van der Waals surface area contributed by atoms with Crippen molar-refractivity contribution in [3.8, 4) is 0 Å². The molecule has 88 valence electrons. The van der Waals surface area contributed by atoms with Crippen LogP contribution in [0.3, 0.4) is 0 Å². The van der Waals surface area contributed by atoms with Crippen LogP contribution in [0.25, 0.3) is 0 Å². The molecule has 0 radical (unpaired) electrons. The van der Waals surface area contributed by atoms with Gasteiger partial charge in [-0.25, -0.2) is 0 Å². The third-order valence-electron chi connectivity index (χ3n) is 2.15. The normalized spacial score (nSPS) is 9.81. The maximum absolute atomic E-state index is 11.2. The van der Waals surface area contributed by atoms with Gasteiger partial charge in [-0.1, -0.05) is 0 Å². The summed E-state index contributed by atoms with van der Waals surface area (Å²) >= 11 is 0. The highest BCUT2D eigenvalue weighted by Crippen LogP contribution is 2.10. The van der Waals surface area contributed by atoms with Gasteiger partial charge in [0.15, 0.2) is 0 Å². The van der Waals surface area contributed by atoms with E-state index in [4.69, 9.17) is 0 Å². The van der Waals surface area contributed by atoms with E-state index < -0.39 is 0 Å². The Kier molecular flexibility index (Phi) is 3.60. The molecule has 1 rings (SSSR count). The van der Waals surface area contributed by atoms with E-state index in [9.17, 15) is 4.79 Å². The van der Waals surface area contributed by atoms with E-state index in [-0.39, 0.29) is 5.91 Å². The van der Waals surface area contributed by atoms with Gasteiger partial charge in [0.05, 0.1) is 0 Å². The second-order valence-electron chi connectivity index (χ2n) is 3.32. The van der Waals surface area contributed by atoms with E-state index in [1.165, 1.54) is 11.9 Å². The van der Waals surface area contributed by atoms with Crippen LogP contribution in [-0.2, 0) is 4.79 Å². The van der Waals surface area contributed by atoms with E-state index in [0.717, 1.165) is 0 Å². The lowest BCUT2D eigenvalue weighted by Crippen LogP contribution is -2.41. The quantitative estimate of drug-likeness (QED) is 0.731. The standard InChI is InChI=1S/C9H16N6O/c1-6-11-8(10-3)13-9(12-6)15(5)14(4)7(2)16/h1-5H3,(H,10,11,12,13). The summed E-state index contributed by atoms with van der Waals surface area (Å²) in [6.07, 6.45) is 0. The molecule has 0 aliphatic rings. The number of hydrogen-bond acceptors (Lipinski definition) is 6. The Morgan fingerprint density at radius 2 is 1.88 bits per heavy atom. The van der Waals surface area contributed by atoms with Crippen molar-refractivity contribution in [2.24, 2.45) is 0 Å². The average molecular weight is 224 g/mol. The first kappa shape index (κ1) is 12.2. The van der Waals surface area contributed by atoms with Crippen LogP contribution in [0.2, 0.25) is 0 Å². The van der Waals surface area contributed by atoms with Gasteiger partial charge in [-0.05, 0) is 6.92 Å². The fourth-order valence-corrected chi connectivity index (χ4v) is 1.07. The van der Waals surface area contributed by atoms with E-state index in [0.29, 0.717) is 17.7 Å². The predicted molar refractivity (Wildman–Crippen MR) is 61.0 cm³/mol. The topological polar surface area (TPSA) is 74.2 Å². The summed E-state index contributed by atoms with van der Waals surface area (Å²) in [7, 11) is 5.10. The SMILES string of the molecule is CNc1nc(C)nc(N(C)N(C)C(C)=O)n1. The number of aromatic nitrogens is 3. The molecule has 0 saturated heterocycles. The molecule has 1 heterocycles. The van der Waals surface area contributed by atoms with Crippen molar-refractivity contribution in [2.75, 3.05) is 31.5 Å². The van der Waals surface area contributed by atoms with Crippen molar-refractivity contribution in [3.05, 3.63) is 5.82 Å². The van der Waals surface area contributed by atoms with Crippen LogP contribution in [0.5, 0.6) is 0 Å². The highest BCUT2D eigenvalue weighted by Gasteiger charge is 2.14. The Bertz CT molecular complexity index is 394. The van der Waals surface area contributed by atoms with Gasteiger partial charge in [-0.15, -0.1) is 0 Å². The Morgan fingerprint density at radius 1 is 1.25 bits per heavy atom. The number of nitrogens with one attached hydrogen (secondary N) is 1. The van der Waals surface area contributed by atoms with E-state index in [1.54, 1.807) is 33.1 Å². The lowest BCUT2D eigenvalue weighted by atomic mass is 10.6. The first-order chi connectivity index (χ1) is 7.45. The third kappa shape index (κ3) is 2.56. The summed E-state index contributed by atoms with van der Waals surface area (Å²) in [6.45, 7) is 3.25. The van der Waals surface area contributed by atoms with Crippen molar-refractivity contribution < 1.29 is 4.79 Å². The van der Waals surface area contributed by atoms with Crippen LogP contribution < -0.4 is 10.3 Å². The lowest BCUT2D eigenvalue weighted by molar-refractivity contribution is -0.127. The molecule has 1 aromatic heterocycles. The number of anilines is 2.